The Bertz CT molecular complexity index is 1370. The van der Waals surface area contributed by atoms with Crippen LogP contribution in [0.5, 0.6) is 6.01 Å². The minimum absolute atomic E-state index is 0. The van der Waals surface area contributed by atoms with E-state index < -0.39 is 5.60 Å². The molecule has 0 saturated carbocycles. The van der Waals surface area contributed by atoms with E-state index in [1.807, 2.05) is 42.6 Å². The molecule has 2 unspecified atom stereocenters. The molecule has 0 radical (unpaired) electrons. The molecule has 0 spiro atoms. The lowest BCUT2D eigenvalue weighted by atomic mass is 9.86. The van der Waals surface area contributed by atoms with Crippen molar-refractivity contribution in [1.29, 1.82) is 0 Å². The molecule has 3 fully saturated rings. The monoisotopic (exact) mass is 588 g/mol. The topological polar surface area (TPSA) is 94.8 Å². The summed E-state index contributed by atoms with van der Waals surface area (Å²) in [6.45, 7) is 10.8. The Morgan fingerprint density at radius 2 is 1.80 bits per heavy atom. The molecular formula is C28H40N6O4S2. The number of piperidine rings is 1. The molecule has 12 heteroatoms. The van der Waals surface area contributed by atoms with E-state index in [-0.39, 0.29) is 39.2 Å². The number of aromatic nitrogens is 4. The van der Waals surface area contributed by atoms with Gasteiger partial charge in [-0.15, -0.1) is 0 Å². The number of nitrogens with zero attached hydrogens (tertiary/aromatic N) is 6. The second kappa shape index (κ2) is 11.7. The Balaban J connectivity index is 0.00000185. The van der Waals surface area contributed by atoms with Crippen LogP contribution in [-0.2, 0) is 9.47 Å². The summed E-state index contributed by atoms with van der Waals surface area (Å²) in [5, 5.41) is 5.77. The van der Waals surface area contributed by atoms with Crippen LogP contribution in [0.25, 0.3) is 16.7 Å². The van der Waals surface area contributed by atoms with Crippen LogP contribution < -0.4 is 9.64 Å². The fourth-order valence-corrected chi connectivity index (χ4v) is 5.95. The van der Waals surface area contributed by atoms with Crippen molar-refractivity contribution in [2.24, 2.45) is 0 Å². The van der Waals surface area contributed by atoms with Gasteiger partial charge in [-0.05, 0) is 76.1 Å². The van der Waals surface area contributed by atoms with E-state index in [1.54, 1.807) is 7.11 Å². The van der Waals surface area contributed by atoms with E-state index in [0.717, 1.165) is 49.1 Å². The summed E-state index contributed by atoms with van der Waals surface area (Å²) in [6.07, 6.45) is 4.74. The van der Waals surface area contributed by atoms with Crippen LogP contribution in [0.15, 0.2) is 24.4 Å². The van der Waals surface area contributed by atoms with Gasteiger partial charge in [0.05, 0.1) is 37.6 Å². The number of likely N-dealkylation sites (tertiary alicyclic amines) is 1. The van der Waals surface area contributed by atoms with Crippen LogP contribution in [0.4, 0.5) is 10.6 Å². The van der Waals surface area contributed by atoms with E-state index in [1.165, 1.54) is 11.1 Å². The molecule has 0 aliphatic carbocycles. The summed E-state index contributed by atoms with van der Waals surface area (Å²) in [7, 11) is 1.59. The first-order chi connectivity index (χ1) is 18.2. The number of anilines is 1. The molecule has 40 heavy (non-hydrogen) atoms. The molecule has 218 valence electrons. The van der Waals surface area contributed by atoms with E-state index in [4.69, 9.17) is 19.3 Å². The number of amides is 1. The molecule has 10 nitrogen and oxygen atoms in total. The maximum Gasteiger partial charge on any atom is 0.410 e. The summed E-state index contributed by atoms with van der Waals surface area (Å²) >= 11 is 0. The fourth-order valence-electron chi connectivity index (χ4n) is 5.95. The van der Waals surface area contributed by atoms with Crippen molar-refractivity contribution in [3.8, 4) is 11.8 Å². The van der Waals surface area contributed by atoms with Gasteiger partial charge in [0.25, 0.3) is 0 Å². The van der Waals surface area contributed by atoms with Crippen LogP contribution in [0.2, 0.25) is 0 Å². The van der Waals surface area contributed by atoms with Crippen molar-refractivity contribution in [2.45, 2.75) is 70.6 Å². The standard InChI is InChI=1S/C28H36N6O4.2H2S/c1-17-10-19-14-29-34(25-13-24(30-26(31-25)36-5)33-15-21-11-20(33)16-37-21)23(19)12-22(17)18-6-8-32(9-7-18)27(35)38-28(2,3)4;;/h10,12-14,18,20-21H,6-9,11,15-16H2,1-5H3;2*1H2. The predicted molar refractivity (Wildman–Crippen MR) is 164 cm³/mol. The highest BCUT2D eigenvalue weighted by Gasteiger charge is 2.40. The largest absolute Gasteiger partial charge is 0.467 e. The number of benzene rings is 1. The maximum absolute atomic E-state index is 12.5. The SMILES string of the molecule is COc1nc(N2CC3CC2CO3)cc(-n2ncc3cc(C)c(C4CCN(C(=O)OC(C)(C)C)CC4)cc32)n1.S.S. The highest BCUT2D eigenvalue weighted by molar-refractivity contribution is 7.59. The van der Waals surface area contributed by atoms with Crippen molar-refractivity contribution >= 4 is 49.8 Å². The lowest BCUT2D eigenvalue weighted by molar-refractivity contribution is 0.0205. The Morgan fingerprint density at radius 3 is 2.42 bits per heavy atom. The molecular weight excluding hydrogens is 548 g/mol. The number of fused-ring (bicyclic) bond motifs is 3. The van der Waals surface area contributed by atoms with Gasteiger partial charge in [0.15, 0.2) is 5.82 Å². The molecule has 3 saturated heterocycles. The highest BCUT2D eigenvalue weighted by Crippen LogP contribution is 2.35. The zero-order valence-corrected chi connectivity index (χ0v) is 25.8. The lowest BCUT2D eigenvalue weighted by Gasteiger charge is -2.34. The number of hydrogen-bond donors (Lipinski definition) is 0. The number of morpholine rings is 1. The first-order valence-electron chi connectivity index (χ1n) is 13.5. The van der Waals surface area contributed by atoms with E-state index >= 15 is 0 Å². The van der Waals surface area contributed by atoms with E-state index in [0.29, 0.717) is 36.9 Å². The molecule has 1 amide bonds. The number of aryl methyl sites for hydroxylation is 1. The first-order valence-corrected chi connectivity index (χ1v) is 13.5. The highest BCUT2D eigenvalue weighted by atomic mass is 32.1. The third-order valence-electron chi connectivity index (χ3n) is 7.82. The van der Waals surface area contributed by atoms with Crippen molar-refractivity contribution in [2.75, 3.05) is 38.3 Å². The molecule has 3 aliphatic heterocycles. The summed E-state index contributed by atoms with van der Waals surface area (Å²) in [5.41, 5.74) is 3.04. The van der Waals surface area contributed by atoms with Gasteiger partial charge < -0.3 is 24.0 Å². The summed E-state index contributed by atoms with van der Waals surface area (Å²) in [5.74, 6) is 1.88. The number of carbonyl (C=O) groups is 1. The smallest absolute Gasteiger partial charge is 0.410 e. The molecule has 0 N–H and O–H groups in total. The number of carbonyl (C=O) groups excluding carboxylic acids is 1. The van der Waals surface area contributed by atoms with Gasteiger partial charge in [-0.3, -0.25) is 0 Å². The normalized spacial score (nSPS) is 20.8. The Hall–Kier alpha value is -2.70. The van der Waals surface area contributed by atoms with Gasteiger partial charge in [0.1, 0.15) is 11.4 Å². The van der Waals surface area contributed by atoms with Crippen molar-refractivity contribution in [3.63, 3.8) is 0 Å². The maximum atomic E-state index is 12.5. The first kappa shape index (κ1) is 30.3. The number of hydrogen-bond acceptors (Lipinski definition) is 8. The molecule has 6 rings (SSSR count). The second-order valence-electron chi connectivity index (χ2n) is 11.6. The predicted octanol–water partition coefficient (Wildman–Crippen LogP) is 4.45. The molecule has 5 heterocycles. The van der Waals surface area contributed by atoms with Gasteiger partial charge in [0, 0.05) is 31.1 Å². The van der Waals surface area contributed by atoms with Gasteiger partial charge in [-0.25, -0.2) is 9.48 Å². The third kappa shape index (κ3) is 5.84. The Kier molecular flexibility index (Phi) is 8.82. The minimum Gasteiger partial charge on any atom is -0.467 e. The summed E-state index contributed by atoms with van der Waals surface area (Å²) in [4.78, 5) is 26.0. The van der Waals surface area contributed by atoms with Crippen molar-refractivity contribution < 1.29 is 19.0 Å². The van der Waals surface area contributed by atoms with Crippen LogP contribution in [0.3, 0.4) is 0 Å². The minimum atomic E-state index is -0.486. The van der Waals surface area contributed by atoms with Crippen molar-refractivity contribution in [3.05, 3.63) is 35.5 Å². The summed E-state index contributed by atoms with van der Waals surface area (Å²) < 4.78 is 18.7. The molecule has 2 atom stereocenters. The quantitative estimate of drug-likeness (QED) is 0.441. The van der Waals surface area contributed by atoms with Gasteiger partial charge in [-0.1, -0.05) is 0 Å². The molecule has 3 aromatic rings. The number of rotatable bonds is 4. The lowest BCUT2D eigenvalue weighted by Crippen LogP contribution is -2.41. The van der Waals surface area contributed by atoms with Gasteiger partial charge >= 0.3 is 12.1 Å². The molecule has 2 bridgehead atoms. The van der Waals surface area contributed by atoms with E-state index in [2.05, 4.69) is 33.9 Å². The van der Waals surface area contributed by atoms with E-state index in [9.17, 15) is 4.79 Å². The van der Waals surface area contributed by atoms with Gasteiger partial charge in [-0.2, -0.15) is 42.1 Å². The zero-order chi connectivity index (χ0) is 26.6. The average molecular weight is 589 g/mol. The Labute approximate surface area is 249 Å². The number of ether oxygens (including phenoxy) is 3. The van der Waals surface area contributed by atoms with Crippen LogP contribution in [-0.4, -0.2) is 81.8 Å². The van der Waals surface area contributed by atoms with Gasteiger partial charge in [0.2, 0.25) is 0 Å². The third-order valence-corrected chi connectivity index (χ3v) is 7.82. The molecule has 3 aliphatic rings. The number of methoxy groups -OCH3 is 1. The van der Waals surface area contributed by atoms with Crippen molar-refractivity contribution in [1.82, 2.24) is 24.6 Å². The van der Waals surface area contributed by atoms with Crippen LogP contribution in [0, 0.1) is 6.92 Å². The Morgan fingerprint density at radius 1 is 1.07 bits per heavy atom. The second-order valence-corrected chi connectivity index (χ2v) is 11.6. The summed E-state index contributed by atoms with van der Waals surface area (Å²) in [6, 6.07) is 7.10. The zero-order valence-electron chi connectivity index (χ0n) is 23.8. The fraction of sp³-hybridized carbons (Fsp3) is 0.571. The van der Waals surface area contributed by atoms with Crippen LogP contribution in [0.1, 0.15) is 57.1 Å². The molecule has 1 aromatic carbocycles. The average Bonchev–Trinajstić information content (AvgIpc) is 3.63. The van der Waals surface area contributed by atoms with Crippen LogP contribution >= 0.6 is 27.0 Å². The molecule has 2 aromatic heterocycles.